The fourth-order valence-electron chi connectivity index (χ4n) is 5.44. The molecule has 0 spiro atoms. The van der Waals surface area contributed by atoms with Crippen molar-refractivity contribution in [1.29, 1.82) is 0 Å². The molecule has 1 heteroatoms. The Balaban J connectivity index is 1.53. The van der Waals surface area contributed by atoms with Crippen LogP contribution in [-0.4, -0.2) is 4.98 Å². The topological polar surface area (TPSA) is 12.9 Å². The van der Waals surface area contributed by atoms with E-state index in [0.29, 0.717) is 0 Å². The van der Waals surface area contributed by atoms with E-state index in [-0.39, 0.29) is 5.41 Å². The third kappa shape index (κ3) is 3.11. The molecule has 1 nitrogen and oxygen atoms in total. The first-order valence-corrected chi connectivity index (χ1v) is 12.1. The first kappa shape index (κ1) is 20.9. The maximum atomic E-state index is 5.21. The molecular formula is C33H29N. The summed E-state index contributed by atoms with van der Waals surface area (Å²) >= 11 is 0. The molecule has 6 rings (SSSR count). The van der Waals surface area contributed by atoms with Crippen LogP contribution in [0.5, 0.6) is 0 Å². The molecule has 1 aromatic heterocycles. The minimum absolute atomic E-state index is 0.155. The second-order valence-corrected chi connectivity index (χ2v) is 10.6. The van der Waals surface area contributed by atoms with Gasteiger partial charge in [0.1, 0.15) is 0 Å². The molecule has 0 N–H and O–H groups in total. The van der Waals surface area contributed by atoms with Crippen LogP contribution in [0.3, 0.4) is 0 Å². The SMILES string of the molecule is Cc1ccc2nc(-c3cccc(-c4ccc(C(C)(C)C)cc4)c3)c(C)c3c2c1-c1ccccc1-3. The lowest BCUT2D eigenvalue weighted by Gasteiger charge is -2.19. The zero-order chi connectivity index (χ0) is 23.6. The molecular weight excluding hydrogens is 410 g/mol. The summed E-state index contributed by atoms with van der Waals surface area (Å²) in [7, 11) is 0. The van der Waals surface area contributed by atoms with Gasteiger partial charge in [0.25, 0.3) is 0 Å². The third-order valence-corrected chi connectivity index (χ3v) is 7.29. The van der Waals surface area contributed by atoms with Crippen LogP contribution in [-0.2, 0) is 5.41 Å². The maximum absolute atomic E-state index is 5.21. The predicted octanol–water partition coefficient (Wildman–Crippen LogP) is 9.13. The van der Waals surface area contributed by atoms with Gasteiger partial charge in [-0.15, -0.1) is 0 Å². The summed E-state index contributed by atoms with van der Waals surface area (Å²) in [4.78, 5) is 5.21. The molecule has 0 aliphatic heterocycles. The third-order valence-electron chi connectivity index (χ3n) is 7.29. The van der Waals surface area contributed by atoms with Crippen LogP contribution in [0.1, 0.15) is 37.5 Å². The molecule has 0 saturated heterocycles. The second kappa shape index (κ2) is 7.40. The van der Waals surface area contributed by atoms with E-state index in [0.717, 1.165) is 11.2 Å². The standard InChI is InChI=1S/C33H29N/c1-20-13-18-28-31-29(20)26-11-6-7-12-27(26)30(31)21(2)32(34-28)24-10-8-9-23(19-24)22-14-16-25(17-15-22)33(3,4)5/h6-19H,1-5H3. The molecule has 0 radical (unpaired) electrons. The molecule has 1 heterocycles. The van der Waals surface area contributed by atoms with Crippen molar-refractivity contribution in [3.63, 3.8) is 0 Å². The molecule has 0 amide bonds. The fourth-order valence-corrected chi connectivity index (χ4v) is 5.44. The summed E-state index contributed by atoms with van der Waals surface area (Å²) in [5.74, 6) is 0. The second-order valence-electron chi connectivity index (χ2n) is 10.6. The molecule has 0 unspecified atom stereocenters. The summed E-state index contributed by atoms with van der Waals surface area (Å²) in [6.45, 7) is 11.2. The molecule has 1 aliphatic carbocycles. The lowest BCUT2D eigenvalue weighted by atomic mass is 9.86. The Kier molecular flexibility index (Phi) is 4.54. The molecule has 0 bridgehead atoms. The summed E-state index contributed by atoms with van der Waals surface area (Å²) in [5, 5.41) is 1.30. The van der Waals surface area contributed by atoms with Gasteiger partial charge in [-0.1, -0.05) is 93.6 Å². The number of hydrogen-bond acceptors (Lipinski definition) is 1. The van der Waals surface area contributed by atoms with E-state index in [4.69, 9.17) is 4.98 Å². The fraction of sp³-hybridized carbons (Fsp3) is 0.182. The smallest absolute Gasteiger partial charge is 0.0745 e. The zero-order valence-electron chi connectivity index (χ0n) is 20.5. The van der Waals surface area contributed by atoms with Gasteiger partial charge in [-0.3, -0.25) is 0 Å². The summed E-state index contributed by atoms with van der Waals surface area (Å²) in [6, 6.07) is 31.0. The highest BCUT2D eigenvalue weighted by atomic mass is 14.7. The lowest BCUT2D eigenvalue weighted by molar-refractivity contribution is 0.590. The van der Waals surface area contributed by atoms with E-state index in [1.165, 1.54) is 61.0 Å². The van der Waals surface area contributed by atoms with E-state index < -0.39 is 0 Å². The van der Waals surface area contributed by atoms with E-state index in [1.54, 1.807) is 0 Å². The van der Waals surface area contributed by atoms with Gasteiger partial charge < -0.3 is 0 Å². The van der Waals surface area contributed by atoms with Crippen LogP contribution in [0.2, 0.25) is 0 Å². The van der Waals surface area contributed by atoms with Crippen LogP contribution >= 0.6 is 0 Å². The Morgan fingerprint density at radius 2 is 1.29 bits per heavy atom. The first-order chi connectivity index (χ1) is 16.3. The van der Waals surface area contributed by atoms with Gasteiger partial charge >= 0.3 is 0 Å². The lowest BCUT2D eigenvalue weighted by Crippen LogP contribution is -2.10. The molecule has 4 aromatic carbocycles. The zero-order valence-corrected chi connectivity index (χ0v) is 20.5. The Morgan fingerprint density at radius 3 is 2.00 bits per heavy atom. The van der Waals surface area contributed by atoms with Gasteiger partial charge in [0.05, 0.1) is 11.2 Å². The number of rotatable bonds is 2. The minimum atomic E-state index is 0.155. The minimum Gasteiger partial charge on any atom is -0.247 e. The number of pyridine rings is 1. The van der Waals surface area contributed by atoms with Gasteiger partial charge in [0.2, 0.25) is 0 Å². The van der Waals surface area contributed by atoms with Crippen molar-refractivity contribution in [2.24, 2.45) is 0 Å². The molecule has 0 atom stereocenters. The largest absolute Gasteiger partial charge is 0.247 e. The molecule has 5 aromatic rings. The Hall–Kier alpha value is -3.71. The highest BCUT2D eigenvalue weighted by molar-refractivity contribution is 6.17. The van der Waals surface area contributed by atoms with Gasteiger partial charge in [0.15, 0.2) is 0 Å². The van der Waals surface area contributed by atoms with Gasteiger partial charge in [0, 0.05) is 10.9 Å². The van der Waals surface area contributed by atoms with Crippen molar-refractivity contribution >= 4 is 10.9 Å². The number of aromatic nitrogens is 1. The number of fused-ring (bicyclic) bond motifs is 3. The van der Waals surface area contributed by atoms with Crippen molar-refractivity contribution in [2.45, 2.75) is 40.0 Å². The van der Waals surface area contributed by atoms with Crippen molar-refractivity contribution in [3.8, 4) is 44.6 Å². The molecule has 0 saturated carbocycles. The molecule has 1 aliphatic rings. The van der Waals surface area contributed by atoms with E-state index in [9.17, 15) is 0 Å². The van der Waals surface area contributed by atoms with Crippen LogP contribution in [0.4, 0.5) is 0 Å². The van der Waals surface area contributed by atoms with Crippen LogP contribution < -0.4 is 0 Å². The number of hydrogen-bond donors (Lipinski definition) is 0. The predicted molar refractivity (Wildman–Crippen MR) is 145 cm³/mol. The summed E-state index contributed by atoms with van der Waals surface area (Å²) in [5.41, 5.74) is 15.2. The normalized spacial score (nSPS) is 12.3. The number of aryl methyl sites for hydroxylation is 1. The highest BCUT2D eigenvalue weighted by Crippen LogP contribution is 2.51. The van der Waals surface area contributed by atoms with Crippen molar-refractivity contribution in [3.05, 3.63) is 102 Å². The Bertz CT molecular complexity index is 1580. The summed E-state index contributed by atoms with van der Waals surface area (Å²) in [6.07, 6.45) is 0. The first-order valence-electron chi connectivity index (χ1n) is 12.1. The van der Waals surface area contributed by atoms with Crippen LogP contribution in [0.15, 0.2) is 84.9 Å². The Labute approximate surface area is 202 Å². The van der Waals surface area contributed by atoms with Crippen LogP contribution in [0.25, 0.3) is 55.5 Å². The van der Waals surface area contributed by atoms with Crippen molar-refractivity contribution < 1.29 is 0 Å². The van der Waals surface area contributed by atoms with Gasteiger partial charge in [-0.2, -0.15) is 0 Å². The van der Waals surface area contributed by atoms with E-state index >= 15 is 0 Å². The van der Waals surface area contributed by atoms with Crippen LogP contribution in [0, 0.1) is 13.8 Å². The van der Waals surface area contributed by atoms with Gasteiger partial charge in [-0.25, -0.2) is 4.98 Å². The highest BCUT2D eigenvalue weighted by Gasteiger charge is 2.26. The molecule has 34 heavy (non-hydrogen) atoms. The maximum Gasteiger partial charge on any atom is 0.0745 e. The molecule has 166 valence electrons. The Morgan fingerprint density at radius 1 is 0.618 bits per heavy atom. The van der Waals surface area contributed by atoms with E-state index in [2.05, 4.69) is 120 Å². The van der Waals surface area contributed by atoms with E-state index in [1.807, 2.05) is 0 Å². The van der Waals surface area contributed by atoms with Gasteiger partial charge in [-0.05, 0) is 81.5 Å². The molecule has 0 fully saturated rings. The average Bonchev–Trinajstić information content (AvgIpc) is 3.20. The van der Waals surface area contributed by atoms with Crippen molar-refractivity contribution in [1.82, 2.24) is 4.98 Å². The monoisotopic (exact) mass is 439 g/mol. The average molecular weight is 440 g/mol. The summed E-state index contributed by atoms with van der Waals surface area (Å²) < 4.78 is 0. The number of benzene rings is 4. The number of nitrogens with zero attached hydrogens (tertiary/aromatic N) is 1. The quantitative estimate of drug-likeness (QED) is 0.262. The van der Waals surface area contributed by atoms with Crippen molar-refractivity contribution in [2.75, 3.05) is 0 Å².